The zero-order valence-corrected chi connectivity index (χ0v) is 17.2. The largest absolute Gasteiger partial charge is 0.356 e. The van der Waals surface area contributed by atoms with Crippen molar-refractivity contribution in [3.8, 4) is 0 Å². The van der Waals surface area contributed by atoms with E-state index in [0.29, 0.717) is 12.2 Å². The summed E-state index contributed by atoms with van der Waals surface area (Å²) in [5, 5.41) is 3.18. The second-order valence-electron chi connectivity index (χ2n) is 7.57. The predicted octanol–water partition coefficient (Wildman–Crippen LogP) is 4.37. The first-order chi connectivity index (χ1) is 14.7. The summed E-state index contributed by atoms with van der Waals surface area (Å²) < 4.78 is 1.90. The number of rotatable bonds is 2. The van der Waals surface area contributed by atoms with Crippen LogP contribution < -0.4 is 0 Å². The Morgan fingerprint density at radius 2 is 2.07 bits per heavy atom. The number of thiazole rings is 1. The van der Waals surface area contributed by atoms with Gasteiger partial charge in [-0.25, -0.2) is 4.98 Å². The van der Waals surface area contributed by atoms with Crippen LogP contribution in [0.15, 0.2) is 60.2 Å². The lowest BCUT2D eigenvalue weighted by atomic mass is 9.94. The topological polar surface area (TPSA) is 66.3 Å². The van der Waals surface area contributed by atoms with Crippen molar-refractivity contribution in [2.45, 2.75) is 19.4 Å². The van der Waals surface area contributed by atoms with Gasteiger partial charge in [0.1, 0.15) is 11.7 Å². The number of aromatic amines is 1. The van der Waals surface area contributed by atoms with Crippen LogP contribution in [0.1, 0.15) is 39.2 Å². The summed E-state index contributed by atoms with van der Waals surface area (Å²) >= 11 is 1.54. The fourth-order valence-electron chi connectivity index (χ4n) is 4.59. The average molecular weight is 414 g/mol. The lowest BCUT2D eigenvalue weighted by Gasteiger charge is -2.35. The molecule has 5 heterocycles. The number of aromatic nitrogens is 4. The molecular formula is C23H19N5OS. The smallest absolute Gasteiger partial charge is 0.273 e. The Morgan fingerprint density at radius 1 is 1.20 bits per heavy atom. The van der Waals surface area contributed by atoms with E-state index < -0.39 is 0 Å². The standard InChI is InChI=1S/C23H19N5OS/c1-14-20(28-12-13-30-23(28)25-14)22(29)27-11-9-16-15-6-2-3-7-17(15)26-19(16)21(27)18-8-4-5-10-24-18/h2-8,10,12-13,21,26H,9,11H2,1H3. The van der Waals surface area contributed by atoms with Crippen LogP contribution in [0.25, 0.3) is 15.9 Å². The van der Waals surface area contributed by atoms with Crippen LogP contribution in [-0.2, 0) is 6.42 Å². The molecule has 0 bridgehead atoms. The first-order valence-electron chi connectivity index (χ1n) is 9.96. The SMILES string of the molecule is Cc1nc2sccn2c1C(=O)N1CCc2c([nH]c3ccccc23)C1c1ccccn1. The Bertz CT molecular complexity index is 1400. The molecule has 1 N–H and O–H groups in total. The van der Waals surface area contributed by atoms with E-state index >= 15 is 0 Å². The molecule has 1 amide bonds. The summed E-state index contributed by atoms with van der Waals surface area (Å²) in [6.07, 6.45) is 4.51. The highest BCUT2D eigenvalue weighted by molar-refractivity contribution is 7.15. The van der Waals surface area contributed by atoms with E-state index in [-0.39, 0.29) is 11.9 Å². The molecule has 0 spiro atoms. The Morgan fingerprint density at radius 3 is 2.93 bits per heavy atom. The summed E-state index contributed by atoms with van der Waals surface area (Å²) in [7, 11) is 0. The first kappa shape index (κ1) is 17.4. The van der Waals surface area contributed by atoms with Crippen LogP contribution in [0.5, 0.6) is 0 Å². The minimum atomic E-state index is -0.265. The normalized spacial score (nSPS) is 16.3. The third-order valence-corrected chi connectivity index (χ3v) is 6.66. The van der Waals surface area contributed by atoms with Crippen LogP contribution in [0.4, 0.5) is 0 Å². The predicted molar refractivity (Wildman–Crippen MR) is 117 cm³/mol. The number of hydrogen-bond acceptors (Lipinski definition) is 4. The van der Waals surface area contributed by atoms with Crippen molar-refractivity contribution >= 4 is 33.1 Å². The van der Waals surface area contributed by atoms with Gasteiger partial charge >= 0.3 is 0 Å². The highest BCUT2D eigenvalue weighted by Gasteiger charge is 2.37. The van der Waals surface area contributed by atoms with E-state index in [1.165, 1.54) is 22.3 Å². The van der Waals surface area contributed by atoms with Crippen molar-refractivity contribution in [3.05, 3.63) is 88.6 Å². The molecule has 5 aromatic rings. The number of H-pyrrole nitrogens is 1. The maximum Gasteiger partial charge on any atom is 0.273 e. The number of pyridine rings is 1. The monoisotopic (exact) mass is 413 g/mol. The molecule has 0 fully saturated rings. The van der Waals surface area contributed by atoms with E-state index in [0.717, 1.165) is 34.0 Å². The zero-order chi connectivity index (χ0) is 20.2. The maximum atomic E-state index is 13.8. The number of carbonyl (C=O) groups excluding carboxylic acids is 1. The fraction of sp³-hybridized carbons (Fsp3) is 0.174. The van der Waals surface area contributed by atoms with Crippen LogP contribution in [0, 0.1) is 6.92 Å². The Balaban J connectivity index is 1.54. The highest BCUT2D eigenvalue weighted by atomic mass is 32.1. The maximum absolute atomic E-state index is 13.8. The molecule has 0 saturated heterocycles. The number of imidazole rings is 1. The average Bonchev–Trinajstić information content (AvgIpc) is 3.45. The molecular weight excluding hydrogens is 394 g/mol. The second kappa shape index (κ2) is 6.53. The van der Waals surface area contributed by atoms with Crippen LogP contribution in [-0.4, -0.2) is 36.7 Å². The van der Waals surface area contributed by atoms with E-state index in [2.05, 4.69) is 33.2 Å². The third-order valence-electron chi connectivity index (χ3n) is 5.90. The second-order valence-corrected chi connectivity index (χ2v) is 8.44. The van der Waals surface area contributed by atoms with Gasteiger partial charge in [0.15, 0.2) is 4.96 Å². The number of nitrogens with one attached hydrogen (secondary N) is 1. The van der Waals surface area contributed by atoms with E-state index in [9.17, 15) is 4.79 Å². The number of benzene rings is 1. The summed E-state index contributed by atoms with van der Waals surface area (Å²) in [6, 6.07) is 13.9. The van der Waals surface area contributed by atoms with E-state index in [1.54, 1.807) is 6.20 Å². The first-order valence-corrected chi connectivity index (χ1v) is 10.8. The van der Waals surface area contributed by atoms with Crippen molar-refractivity contribution < 1.29 is 4.79 Å². The van der Waals surface area contributed by atoms with E-state index in [1.807, 2.05) is 52.1 Å². The minimum Gasteiger partial charge on any atom is -0.356 e. The Kier molecular flexibility index (Phi) is 3.79. The number of nitrogens with zero attached hydrogens (tertiary/aromatic N) is 4. The Hall–Kier alpha value is -3.45. The van der Waals surface area contributed by atoms with Crippen molar-refractivity contribution in [1.29, 1.82) is 0 Å². The van der Waals surface area contributed by atoms with Gasteiger partial charge in [0, 0.05) is 40.9 Å². The summed E-state index contributed by atoms with van der Waals surface area (Å²) in [4.78, 5) is 29.4. The van der Waals surface area contributed by atoms with Gasteiger partial charge in [0.05, 0.1) is 11.4 Å². The molecule has 0 saturated carbocycles. The van der Waals surface area contributed by atoms with Crippen LogP contribution >= 0.6 is 11.3 Å². The molecule has 1 aliphatic heterocycles. The number of hydrogen-bond donors (Lipinski definition) is 1. The molecule has 1 aromatic carbocycles. The van der Waals surface area contributed by atoms with Gasteiger partial charge in [-0.1, -0.05) is 24.3 Å². The molecule has 30 heavy (non-hydrogen) atoms. The lowest BCUT2D eigenvalue weighted by molar-refractivity contribution is 0.0680. The van der Waals surface area contributed by atoms with Gasteiger partial charge in [-0.3, -0.25) is 14.2 Å². The number of aryl methyl sites for hydroxylation is 1. The van der Waals surface area contributed by atoms with Gasteiger partial charge in [0.2, 0.25) is 0 Å². The quantitative estimate of drug-likeness (QED) is 0.467. The van der Waals surface area contributed by atoms with Crippen LogP contribution in [0.3, 0.4) is 0 Å². The summed E-state index contributed by atoms with van der Waals surface area (Å²) in [5.41, 5.74) is 5.68. The van der Waals surface area contributed by atoms with E-state index in [4.69, 9.17) is 0 Å². The molecule has 1 unspecified atom stereocenters. The number of fused-ring (bicyclic) bond motifs is 4. The minimum absolute atomic E-state index is 0.0154. The third kappa shape index (κ3) is 2.45. The summed E-state index contributed by atoms with van der Waals surface area (Å²) in [6.45, 7) is 2.53. The number of amides is 1. The molecule has 6 nitrogen and oxygen atoms in total. The van der Waals surface area contributed by atoms with Crippen molar-refractivity contribution in [2.24, 2.45) is 0 Å². The lowest BCUT2D eigenvalue weighted by Crippen LogP contribution is -2.41. The highest BCUT2D eigenvalue weighted by Crippen LogP contribution is 2.38. The van der Waals surface area contributed by atoms with Crippen molar-refractivity contribution in [1.82, 2.24) is 24.3 Å². The van der Waals surface area contributed by atoms with Crippen molar-refractivity contribution in [3.63, 3.8) is 0 Å². The van der Waals surface area contributed by atoms with Gasteiger partial charge < -0.3 is 9.88 Å². The molecule has 1 atom stereocenters. The van der Waals surface area contributed by atoms with Gasteiger partial charge in [-0.05, 0) is 37.1 Å². The van der Waals surface area contributed by atoms with Crippen LogP contribution in [0.2, 0.25) is 0 Å². The van der Waals surface area contributed by atoms with Gasteiger partial charge in [-0.15, -0.1) is 11.3 Å². The van der Waals surface area contributed by atoms with Crippen molar-refractivity contribution in [2.75, 3.05) is 6.54 Å². The fourth-order valence-corrected chi connectivity index (χ4v) is 5.35. The molecule has 0 radical (unpaired) electrons. The number of para-hydroxylation sites is 1. The number of carbonyl (C=O) groups is 1. The molecule has 7 heteroatoms. The molecule has 6 rings (SSSR count). The van der Waals surface area contributed by atoms with Gasteiger partial charge in [0.25, 0.3) is 5.91 Å². The molecule has 0 aliphatic carbocycles. The Labute approximate surface area is 176 Å². The molecule has 1 aliphatic rings. The molecule has 148 valence electrons. The molecule has 4 aromatic heterocycles. The zero-order valence-electron chi connectivity index (χ0n) is 16.4. The van der Waals surface area contributed by atoms with Gasteiger partial charge in [-0.2, -0.15) is 0 Å². The summed E-state index contributed by atoms with van der Waals surface area (Å²) in [5.74, 6) is -0.0154.